The molecule has 0 aliphatic heterocycles. The summed E-state index contributed by atoms with van der Waals surface area (Å²) in [5, 5.41) is 9.57. The third-order valence-electron chi connectivity index (χ3n) is 3.19. The maximum Gasteiger partial charge on any atom is 0.263 e. The molecule has 0 aliphatic rings. The number of hydrogen-bond acceptors (Lipinski definition) is 3. The molecule has 5 nitrogen and oxygen atoms in total. The molecule has 0 unspecified atom stereocenters. The summed E-state index contributed by atoms with van der Waals surface area (Å²) in [7, 11) is 0. The predicted octanol–water partition coefficient (Wildman–Crippen LogP) is 2.61. The zero-order valence-electron chi connectivity index (χ0n) is 12.0. The number of nitrogens with one attached hydrogen (secondary N) is 2. The normalized spacial score (nSPS) is 10.3. The second-order valence-electron chi connectivity index (χ2n) is 4.66. The lowest BCUT2D eigenvalue weighted by atomic mass is 10.2. The van der Waals surface area contributed by atoms with Gasteiger partial charge in [-0.15, -0.1) is 0 Å². The van der Waals surface area contributed by atoms with E-state index >= 15 is 0 Å². The van der Waals surface area contributed by atoms with E-state index in [4.69, 9.17) is 4.74 Å². The fourth-order valence-electron chi connectivity index (χ4n) is 1.78. The topological polar surface area (TPSA) is 67.0 Å². The van der Waals surface area contributed by atoms with Gasteiger partial charge in [-0.3, -0.25) is 9.89 Å². The van der Waals surface area contributed by atoms with Crippen LogP contribution in [0.25, 0.3) is 0 Å². The van der Waals surface area contributed by atoms with Crippen LogP contribution in [0.1, 0.15) is 23.7 Å². The van der Waals surface area contributed by atoms with Gasteiger partial charge in [-0.1, -0.05) is 19.1 Å². The van der Waals surface area contributed by atoms with E-state index in [1.54, 1.807) is 0 Å². The first kappa shape index (κ1) is 14.1. The van der Waals surface area contributed by atoms with Crippen molar-refractivity contribution in [1.29, 1.82) is 0 Å². The van der Waals surface area contributed by atoms with E-state index in [2.05, 4.69) is 22.4 Å². The molecule has 0 radical (unpaired) electrons. The Labute approximate surface area is 118 Å². The number of benzene rings is 1. The Morgan fingerprint density at radius 2 is 2.20 bits per heavy atom. The van der Waals surface area contributed by atoms with Crippen molar-refractivity contribution in [2.45, 2.75) is 27.2 Å². The Morgan fingerprint density at radius 1 is 1.40 bits per heavy atom. The highest BCUT2D eigenvalue weighted by atomic mass is 16.5. The fraction of sp³-hybridized carbons (Fsp3) is 0.333. The molecular weight excluding hydrogens is 254 g/mol. The van der Waals surface area contributed by atoms with Crippen molar-refractivity contribution in [3.05, 3.63) is 41.1 Å². The number of carbonyl (C=O) groups excluding carboxylic acids is 1. The van der Waals surface area contributed by atoms with Crippen molar-refractivity contribution < 1.29 is 9.53 Å². The molecule has 0 atom stereocenters. The maximum absolute atomic E-state index is 11.8. The standard InChI is InChI=1S/C15H19N3O2/c1-4-12-6-5-7-13(8-12)20-9-14(19)16-15-10(2)11(3)17-18-15/h5-8H,4,9H2,1-3H3,(H2,16,17,18,19). The van der Waals surface area contributed by atoms with Crippen molar-refractivity contribution in [2.24, 2.45) is 0 Å². The van der Waals surface area contributed by atoms with Crippen molar-refractivity contribution >= 4 is 11.7 Å². The summed E-state index contributed by atoms with van der Waals surface area (Å²) >= 11 is 0. The minimum absolute atomic E-state index is 0.0293. The molecule has 2 aromatic rings. The van der Waals surface area contributed by atoms with Gasteiger partial charge in [-0.2, -0.15) is 5.10 Å². The van der Waals surface area contributed by atoms with Crippen LogP contribution in [0.5, 0.6) is 5.75 Å². The lowest BCUT2D eigenvalue weighted by Crippen LogP contribution is -2.20. The van der Waals surface area contributed by atoms with E-state index in [9.17, 15) is 4.79 Å². The van der Waals surface area contributed by atoms with E-state index in [1.165, 1.54) is 5.56 Å². The van der Waals surface area contributed by atoms with Crippen LogP contribution in [0.3, 0.4) is 0 Å². The second-order valence-corrected chi connectivity index (χ2v) is 4.66. The van der Waals surface area contributed by atoms with Crippen LogP contribution < -0.4 is 10.1 Å². The maximum atomic E-state index is 11.8. The molecule has 0 bridgehead atoms. The number of rotatable bonds is 5. The number of aromatic nitrogens is 2. The number of anilines is 1. The van der Waals surface area contributed by atoms with Crippen LogP contribution in [-0.4, -0.2) is 22.7 Å². The molecule has 0 spiro atoms. The molecular formula is C15H19N3O2. The number of nitrogens with zero attached hydrogens (tertiary/aromatic N) is 1. The summed E-state index contributed by atoms with van der Waals surface area (Å²) in [4.78, 5) is 11.8. The Kier molecular flexibility index (Phi) is 4.40. The summed E-state index contributed by atoms with van der Waals surface area (Å²) in [5.74, 6) is 1.04. The number of ether oxygens (including phenoxy) is 1. The summed E-state index contributed by atoms with van der Waals surface area (Å²) in [6.45, 7) is 5.86. The lowest BCUT2D eigenvalue weighted by Gasteiger charge is -2.07. The quantitative estimate of drug-likeness (QED) is 0.880. The molecule has 20 heavy (non-hydrogen) atoms. The number of carbonyl (C=O) groups is 1. The third kappa shape index (κ3) is 3.38. The van der Waals surface area contributed by atoms with Crippen molar-refractivity contribution in [3.63, 3.8) is 0 Å². The minimum atomic E-state index is -0.221. The first-order valence-electron chi connectivity index (χ1n) is 6.63. The van der Waals surface area contributed by atoms with E-state index in [1.807, 2.05) is 38.1 Å². The summed E-state index contributed by atoms with van der Waals surface area (Å²) in [6, 6.07) is 7.74. The average Bonchev–Trinajstić information content (AvgIpc) is 2.77. The molecule has 1 aromatic heterocycles. The molecule has 1 heterocycles. The van der Waals surface area contributed by atoms with Gasteiger partial charge in [0.2, 0.25) is 0 Å². The Balaban J connectivity index is 1.90. The van der Waals surface area contributed by atoms with Crippen LogP contribution in [0, 0.1) is 13.8 Å². The molecule has 0 saturated heterocycles. The van der Waals surface area contributed by atoms with Crippen LogP contribution >= 0.6 is 0 Å². The van der Waals surface area contributed by atoms with Gasteiger partial charge in [0, 0.05) is 11.3 Å². The van der Waals surface area contributed by atoms with E-state index in [0.717, 1.165) is 17.7 Å². The SMILES string of the molecule is CCc1cccc(OCC(=O)Nc2n[nH]c(C)c2C)c1. The van der Waals surface area contributed by atoms with Gasteiger partial charge in [0.05, 0.1) is 0 Å². The second kappa shape index (κ2) is 6.23. The van der Waals surface area contributed by atoms with Crippen LogP contribution in [-0.2, 0) is 11.2 Å². The van der Waals surface area contributed by atoms with Crippen molar-refractivity contribution in [3.8, 4) is 5.75 Å². The van der Waals surface area contributed by atoms with Crippen molar-refractivity contribution in [1.82, 2.24) is 10.2 Å². The average molecular weight is 273 g/mol. The third-order valence-corrected chi connectivity index (χ3v) is 3.19. The Morgan fingerprint density at radius 3 is 2.85 bits per heavy atom. The van der Waals surface area contributed by atoms with Crippen LogP contribution in [0.4, 0.5) is 5.82 Å². The predicted molar refractivity (Wildman–Crippen MR) is 78.0 cm³/mol. The van der Waals surface area contributed by atoms with E-state index in [-0.39, 0.29) is 12.5 Å². The highest BCUT2D eigenvalue weighted by Gasteiger charge is 2.10. The monoisotopic (exact) mass is 273 g/mol. The molecule has 1 aromatic carbocycles. The molecule has 0 saturated carbocycles. The molecule has 106 valence electrons. The highest BCUT2D eigenvalue weighted by molar-refractivity contribution is 5.91. The van der Waals surface area contributed by atoms with Gasteiger partial charge in [0.15, 0.2) is 12.4 Å². The lowest BCUT2D eigenvalue weighted by molar-refractivity contribution is -0.118. The number of hydrogen-bond donors (Lipinski definition) is 2. The summed E-state index contributed by atoms with van der Waals surface area (Å²) in [6.07, 6.45) is 0.940. The van der Waals surface area contributed by atoms with Gasteiger partial charge >= 0.3 is 0 Å². The van der Waals surface area contributed by atoms with Crippen molar-refractivity contribution in [2.75, 3.05) is 11.9 Å². The van der Waals surface area contributed by atoms with Crippen LogP contribution in [0.2, 0.25) is 0 Å². The van der Waals surface area contributed by atoms with Gasteiger partial charge in [0.25, 0.3) is 5.91 Å². The Hall–Kier alpha value is -2.30. The minimum Gasteiger partial charge on any atom is -0.484 e. The molecule has 0 fully saturated rings. The molecule has 1 amide bonds. The fourth-order valence-corrected chi connectivity index (χ4v) is 1.78. The van der Waals surface area contributed by atoms with Crippen LogP contribution in [0.15, 0.2) is 24.3 Å². The van der Waals surface area contributed by atoms with Gasteiger partial charge < -0.3 is 10.1 Å². The Bertz CT molecular complexity index is 605. The number of aromatic amines is 1. The summed E-state index contributed by atoms with van der Waals surface area (Å²) in [5.41, 5.74) is 3.06. The largest absolute Gasteiger partial charge is 0.484 e. The number of amides is 1. The summed E-state index contributed by atoms with van der Waals surface area (Å²) < 4.78 is 5.48. The molecule has 2 N–H and O–H groups in total. The number of H-pyrrole nitrogens is 1. The molecule has 5 heteroatoms. The van der Waals surface area contributed by atoms with E-state index in [0.29, 0.717) is 11.6 Å². The van der Waals surface area contributed by atoms with Gasteiger partial charge in [-0.05, 0) is 38.0 Å². The molecule has 2 rings (SSSR count). The smallest absolute Gasteiger partial charge is 0.263 e. The highest BCUT2D eigenvalue weighted by Crippen LogP contribution is 2.15. The van der Waals surface area contributed by atoms with E-state index < -0.39 is 0 Å². The van der Waals surface area contributed by atoms with Gasteiger partial charge in [-0.25, -0.2) is 0 Å². The first-order chi connectivity index (χ1) is 9.60. The first-order valence-corrected chi connectivity index (χ1v) is 6.63. The number of aryl methyl sites for hydroxylation is 2. The molecule has 0 aliphatic carbocycles. The zero-order chi connectivity index (χ0) is 14.5. The zero-order valence-corrected chi connectivity index (χ0v) is 12.0. The van der Waals surface area contributed by atoms with Gasteiger partial charge in [0.1, 0.15) is 5.75 Å².